The van der Waals surface area contributed by atoms with Gasteiger partial charge in [0.1, 0.15) is 0 Å². The van der Waals surface area contributed by atoms with Crippen LogP contribution < -0.4 is 5.32 Å². The van der Waals surface area contributed by atoms with Crippen LogP contribution in [-0.4, -0.2) is 60.4 Å². The summed E-state index contributed by atoms with van der Waals surface area (Å²) in [6.45, 7) is 3.08. The van der Waals surface area contributed by atoms with E-state index in [0.717, 1.165) is 12.5 Å². The topological polar surface area (TPSA) is 52.7 Å². The van der Waals surface area contributed by atoms with E-state index in [1.54, 1.807) is 4.90 Å². The Balaban J connectivity index is 1.51. The smallest absolute Gasteiger partial charge is 0.239 e. The molecule has 3 rings (SSSR count). The van der Waals surface area contributed by atoms with Gasteiger partial charge < -0.3 is 10.2 Å². The van der Waals surface area contributed by atoms with Crippen LogP contribution in [-0.2, 0) is 9.59 Å². The van der Waals surface area contributed by atoms with Crippen LogP contribution in [0.5, 0.6) is 0 Å². The summed E-state index contributed by atoms with van der Waals surface area (Å²) in [5.74, 6) is 0.879. The van der Waals surface area contributed by atoms with Gasteiger partial charge in [0, 0.05) is 25.7 Å². The van der Waals surface area contributed by atoms with E-state index >= 15 is 0 Å². The highest BCUT2D eigenvalue weighted by molar-refractivity contribution is 5.86. The molecule has 1 N–H and O–H groups in total. The minimum atomic E-state index is -0.0279. The third kappa shape index (κ3) is 4.19. The molecular formula is C16H27N3O2. The molecule has 118 valence electrons. The van der Waals surface area contributed by atoms with Crippen molar-refractivity contribution < 1.29 is 9.59 Å². The zero-order valence-corrected chi connectivity index (χ0v) is 12.9. The molecule has 0 radical (unpaired) electrons. The summed E-state index contributed by atoms with van der Waals surface area (Å²) >= 11 is 0. The van der Waals surface area contributed by atoms with Crippen molar-refractivity contribution in [2.24, 2.45) is 5.92 Å². The Morgan fingerprint density at radius 2 is 1.95 bits per heavy atom. The van der Waals surface area contributed by atoms with Gasteiger partial charge in [-0.05, 0) is 31.6 Å². The molecule has 0 aromatic heterocycles. The molecular weight excluding hydrogens is 266 g/mol. The Kier molecular flexibility index (Phi) is 4.78. The van der Waals surface area contributed by atoms with Crippen LogP contribution in [0.15, 0.2) is 0 Å². The second-order valence-corrected chi connectivity index (χ2v) is 6.83. The van der Waals surface area contributed by atoms with Crippen molar-refractivity contribution in [3.05, 3.63) is 0 Å². The Morgan fingerprint density at radius 3 is 2.62 bits per heavy atom. The maximum absolute atomic E-state index is 12.4. The highest BCUT2D eigenvalue weighted by Crippen LogP contribution is 2.31. The number of rotatable bonds is 5. The number of piperazine rings is 1. The average molecular weight is 293 g/mol. The van der Waals surface area contributed by atoms with E-state index in [0.29, 0.717) is 25.7 Å². The van der Waals surface area contributed by atoms with E-state index in [1.807, 2.05) is 0 Å². The van der Waals surface area contributed by atoms with Crippen LogP contribution in [0.2, 0.25) is 0 Å². The molecule has 3 aliphatic rings. The summed E-state index contributed by atoms with van der Waals surface area (Å²) in [5, 5.41) is 2.77. The van der Waals surface area contributed by atoms with Gasteiger partial charge in [-0.1, -0.05) is 19.3 Å². The molecule has 0 unspecified atom stereocenters. The van der Waals surface area contributed by atoms with Crippen molar-refractivity contribution in [3.63, 3.8) is 0 Å². The second kappa shape index (κ2) is 6.77. The van der Waals surface area contributed by atoms with Crippen LogP contribution in [0.1, 0.15) is 44.9 Å². The van der Waals surface area contributed by atoms with Gasteiger partial charge in [-0.25, -0.2) is 0 Å². The monoisotopic (exact) mass is 293 g/mol. The van der Waals surface area contributed by atoms with Gasteiger partial charge in [-0.15, -0.1) is 0 Å². The van der Waals surface area contributed by atoms with Gasteiger partial charge in [0.15, 0.2) is 0 Å². The lowest BCUT2D eigenvalue weighted by Gasteiger charge is -2.32. The van der Waals surface area contributed by atoms with Gasteiger partial charge in [-0.2, -0.15) is 0 Å². The number of carbonyl (C=O) groups is 2. The fraction of sp³-hybridized carbons (Fsp3) is 0.875. The first-order valence-electron chi connectivity index (χ1n) is 8.51. The molecule has 0 aromatic carbocycles. The highest BCUT2D eigenvalue weighted by Gasteiger charge is 2.33. The lowest BCUT2D eigenvalue weighted by molar-refractivity contribution is -0.139. The molecule has 2 amide bonds. The van der Waals surface area contributed by atoms with E-state index in [4.69, 9.17) is 0 Å². The van der Waals surface area contributed by atoms with E-state index < -0.39 is 0 Å². The van der Waals surface area contributed by atoms with Crippen molar-refractivity contribution in [1.29, 1.82) is 0 Å². The number of carbonyl (C=O) groups excluding carboxylic acids is 2. The summed E-state index contributed by atoms with van der Waals surface area (Å²) in [6, 6.07) is 0.620. The van der Waals surface area contributed by atoms with Crippen molar-refractivity contribution >= 4 is 11.8 Å². The first-order valence-corrected chi connectivity index (χ1v) is 8.51. The van der Waals surface area contributed by atoms with Crippen molar-refractivity contribution in [2.45, 2.75) is 51.0 Å². The molecule has 3 fully saturated rings. The lowest BCUT2D eigenvalue weighted by Crippen LogP contribution is -2.52. The van der Waals surface area contributed by atoms with Gasteiger partial charge in [0.2, 0.25) is 11.8 Å². The molecule has 0 aromatic rings. The van der Waals surface area contributed by atoms with E-state index in [2.05, 4.69) is 10.2 Å². The molecule has 1 heterocycles. The predicted octanol–water partition coefficient (Wildman–Crippen LogP) is 0.989. The summed E-state index contributed by atoms with van der Waals surface area (Å²) in [4.78, 5) is 28.0. The highest BCUT2D eigenvalue weighted by atomic mass is 16.2. The minimum Gasteiger partial charge on any atom is -0.353 e. The summed E-state index contributed by atoms with van der Waals surface area (Å²) in [5.41, 5.74) is 0. The Labute approximate surface area is 127 Å². The third-order valence-electron chi connectivity index (χ3n) is 5.01. The third-order valence-corrected chi connectivity index (χ3v) is 5.01. The standard InChI is InChI=1S/C16H27N3O2/c20-15-11-18(9-8-17-15)16(21)12-19(14-6-7-14)10-13-4-2-1-3-5-13/h13-14H,1-12H2,(H,17,20). The van der Waals surface area contributed by atoms with Crippen LogP contribution >= 0.6 is 0 Å². The minimum absolute atomic E-state index is 0.0279. The van der Waals surface area contributed by atoms with E-state index in [-0.39, 0.29) is 18.4 Å². The van der Waals surface area contributed by atoms with Crippen molar-refractivity contribution in [3.8, 4) is 0 Å². The van der Waals surface area contributed by atoms with Gasteiger partial charge in [-0.3, -0.25) is 14.5 Å². The molecule has 2 aliphatic carbocycles. The molecule has 0 bridgehead atoms. The quantitative estimate of drug-likeness (QED) is 0.822. The fourth-order valence-corrected chi connectivity index (χ4v) is 3.61. The molecule has 5 heteroatoms. The summed E-state index contributed by atoms with van der Waals surface area (Å²) in [6.07, 6.45) is 9.20. The Hall–Kier alpha value is -1.10. The summed E-state index contributed by atoms with van der Waals surface area (Å²) < 4.78 is 0. The Bertz CT molecular complexity index is 389. The fourth-order valence-electron chi connectivity index (χ4n) is 3.61. The van der Waals surface area contributed by atoms with Gasteiger partial charge in [0.25, 0.3) is 0 Å². The van der Waals surface area contributed by atoms with E-state index in [1.165, 1.54) is 44.9 Å². The lowest BCUT2D eigenvalue weighted by atomic mass is 9.89. The largest absolute Gasteiger partial charge is 0.353 e. The first-order chi connectivity index (χ1) is 10.2. The molecule has 2 saturated carbocycles. The molecule has 0 spiro atoms. The zero-order chi connectivity index (χ0) is 14.7. The second-order valence-electron chi connectivity index (χ2n) is 6.83. The van der Waals surface area contributed by atoms with Crippen molar-refractivity contribution in [1.82, 2.24) is 15.1 Å². The number of nitrogens with zero attached hydrogens (tertiary/aromatic N) is 2. The van der Waals surface area contributed by atoms with Gasteiger partial charge >= 0.3 is 0 Å². The Morgan fingerprint density at radius 1 is 1.19 bits per heavy atom. The molecule has 0 atom stereocenters. The SMILES string of the molecule is O=C1CN(C(=O)CN(CC2CCCCC2)C2CC2)CCN1. The maximum atomic E-state index is 12.4. The average Bonchev–Trinajstić information content (AvgIpc) is 3.32. The summed E-state index contributed by atoms with van der Waals surface area (Å²) in [7, 11) is 0. The maximum Gasteiger partial charge on any atom is 0.239 e. The van der Waals surface area contributed by atoms with E-state index in [9.17, 15) is 9.59 Å². The predicted molar refractivity (Wildman–Crippen MR) is 80.8 cm³/mol. The normalized spacial score (nSPS) is 24.2. The van der Waals surface area contributed by atoms with Crippen molar-refractivity contribution in [2.75, 3.05) is 32.7 Å². The number of nitrogens with one attached hydrogen (secondary N) is 1. The van der Waals surface area contributed by atoms with Gasteiger partial charge in [0.05, 0.1) is 13.1 Å². The zero-order valence-electron chi connectivity index (χ0n) is 12.9. The number of hydrogen-bond donors (Lipinski definition) is 1. The number of hydrogen-bond acceptors (Lipinski definition) is 3. The van der Waals surface area contributed by atoms with Crippen LogP contribution in [0.3, 0.4) is 0 Å². The molecule has 21 heavy (non-hydrogen) atoms. The van der Waals surface area contributed by atoms with Crippen LogP contribution in [0, 0.1) is 5.92 Å². The van der Waals surface area contributed by atoms with Crippen LogP contribution in [0.25, 0.3) is 0 Å². The first kappa shape index (κ1) is 14.8. The molecule has 5 nitrogen and oxygen atoms in total. The van der Waals surface area contributed by atoms with Crippen LogP contribution in [0.4, 0.5) is 0 Å². The molecule has 1 aliphatic heterocycles. The number of amides is 2. The molecule has 1 saturated heterocycles.